The maximum atomic E-state index is 12.6. The van der Waals surface area contributed by atoms with Gasteiger partial charge in [-0.2, -0.15) is 0 Å². The lowest BCUT2D eigenvalue weighted by Crippen LogP contribution is -2.12. The lowest BCUT2D eigenvalue weighted by atomic mass is 10.1. The third-order valence-electron chi connectivity index (χ3n) is 3.97. The van der Waals surface area contributed by atoms with Crippen molar-refractivity contribution in [1.82, 2.24) is 0 Å². The maximum absolute atomic E-state index is 12.6. The van der Waals surface area contributed by atoms with E-state index in [9.17, 15) is 8.42 Å². The number of aryl methyl sites for hydroxylation is 2. The van der Waals surface area contributed by atoms with Crippen LogP contribution in [0.1, 0.15) is 16.7 Å². The van der Waals surface area contributed by atoms with Crippen LogP contribution < -0.4 is 4.72 Å². The van der Waals surface area contributed by atoms with Crippen molar-refractivity contribution in [3.05, 3.63) is 89.5 Å². The molecule has 3 aromatic carbocycles. The molecule has 0 aliphatic heterocycles. The minimum Gasteiger partial charge on any atom is -0.277 e. The van der Waals surface area contributed by atoms with E-state index in [4.69, 9.17) is 0 Å². The number of nitrogens with zero attached hydrogens (tertiary/aromatic N) is 1. The molecule has 4 nitrogen and oxygen atoms in total. The Morgan fingerprint density at radius 2 is 1.58 bits per heavy atom. The first-order valence-corrected chi connectivity index (χ1v) is 9.72. The van der Waals surface area contributed by atoms with Crippen molar-refractivity contribution in [2.24, 2.45) is 4.99 Å². The van der Waals surface area contributed by atoms with Gasteiger partial charge in [-0.25, -0.2) is 8.42 Å². The summed E-state index contributed by atoms with van der Waals surface area (Å²) in [5.74, 6) is 0. The van der Waals surface area contributed by atoms with Gasteiger partial charge in [-0.1, -0.05) is 54.1 Å². The SMILES string of the molecule is Cc1ccc(C=Nc2ccccc2NS(=O)(=O)c2ccccc2)c(C)c1. The number of hydrogen-bond donors (Lipinski definition) is 1. The van der Waals surface area contributed by atoms with E-state index < -0.39 is 10.0 Å². The van der Waals surface area contributed by atoms with Crippen molar-refractivity contribution in [2.45, 2.75) is 18.7 Å². The maximum Gasteiger partial charge on any atom is 0.261 e. The molecule has 0 aromatic heterocycles. The average molecular weight is 364 g/mol. The Morgan fingerprint density at radius 1 is 0.885 bits per heavy atom. The van der Waals surface area contributed by atoms with Gasteiger partial charge in [-0.05, 0) is 49.2 Å². The lowest BCUT2D eigenvalue weighted by molar-refractivity contribution is 0.601. The van der Waals surface area contributed by atoms with E-state index >= 15 is 0 Å². The molecule has 3 rings (SSSR count). The highest BCUT2D eigenvalue weighted by Crippen LogP contribution is 2.27. The molecule has 26 heavy (non-hydrogen) atoms. The predicted octanol–water partition coefficient (Wildman–Crippen LogP) is 4.85. The lowest BCUT2D eigenvalue weighted by Gasteiger charge is -2.10. The second kappa shape index (κ2) is 7.54. The first-order valence-electron chi connectivity index (χ1n) is 8.24. The van der Waals surface area contributed by atoms with Crippen molar-refractivity contribution < 1.29 is 8.42 Å². The van der Waals surface area contributed by atoms with E-state index in [0.29, 0.717) is 11.4 Å². The Morgan fingerprint density at radius 3 is 2.31 bits per heavy atom. The highest BCUT2D eigenvalue weighted by molar-refractivity contribution is 7.92. The number of hydrogen-bond acceptors (Lipinski definition) is 3. The van der Waals surface area contributed by atoms with E-state index in [1.807, 2.05) is 32.0 Å². The van der Waals surface area contributed by atoms with Crippen LogP contribution in [-0.2, 0) is 10.0 Å². The Balaban J connectivity index is 1.90. The summed E-state index contributed by atoms with van der Waals surface area (Å²) in [6.07, 6.45) is 1.75. The van der Waals surface area contributed by atoms with Crippen LogP contribution in [0.3, 0.4) is 0 Å². The van der Waals surface area contributed by atoms with Crippen LogP contribution in [0.15, 0.2) is 82.7 Å². The summed E-state index contributed by atoms with van der Waals surface area (Å²) in [6, 6.07) is 21.5. The summed E-state index contributed by atoms with van der Waals surface area (Å²) in [6.45, 7) is 4.07. The molecule has 0 amide bonds. The zero-order valence-corrected chi connectivity index (χ0v) is 15.5. The molecule has 0 aliphatic rings. The van der Waals surface area contributed by atoms with Crippen LogP contribution >= 0.6 is 0 Å². The molecular formula is C21H20N2O2S. The highest BCUT2D eigenvalue weighted by Gasteiger charge is 2.15. The van der Waals surface area contributed by atoms with Crippen molar-refractivity contribution in [1.29, 1.82) is 0 Å². The number of rotatable bonds is 5. The Kier molecular flexibility index (Phi) is 5.19. The van der Waals surface area contributed by atoms with Gasteiger partial charge in [0.05, 0.1) is 16.3 Å². The van der Waals surface area contributed by atoms with Crippen molar-refractivity contribution in [3.63, 3.8) is 0 Å². The van der Waals surface area contributed by atoms with Gasteiger partial charge in [-0.3, -0.25) is 9.71 Å². The van der Waals surface area contributed by atoms with Gasteiger partial charge in [-0.15, -0.1) is 0 Å². The fourth-order valence-corrected chi connectivity index (χ4v) is 3.68. The molecule has 0 unspecified atom stereocenters. The van der Waals surface area contributed by atoms with E-state index in [1.54, 1.807) is 54.7 Å². The van der Waals surface area contributed by atoms with E-state index in [1.165, 1.54) is 5.56 Å². The topological polar surface area (TPSA) is 58.5 Å². The molecule has 3 aromatic rings. The van der Waals surface area contributed by atoms with E-state index in [-0.39, 0.29) is 4.90 Å². The van der Waals surface area contributed by atoms with E-state index in [2.05, 4.69) is 15.8 Å². The van der Waals surface area contributed by atoms with Crippen LogP contribution in [0.2, 0.25) is 0 Å². The number of para-hydroxylation sites is 2. The summed E-state index contributed by atoms with van der Waals surface area (Å²) < 4.78 is 27.7. The second-order valence-electron chi connectivity index (χ2n) is 6.05. The van der Waals surface area contributed by atoms with Crippen molar-refractivity contribution >= 4 is 27.6 Å². The van der Waals surface area contributed by atoms with Gasteiger partial charge in [0.2, 0.25) is 0 Å². The molecule has 0 atom stereocenters. The standard InChI is InChI=1S/C21H20N2O2S/c1-16-12-13-18(17(2)14-16)15-22-20-10-6-7-11-21(20)23-26(24,25)19-8-4-3-5-9-19/h3-15,23H,1-2H3. The van der Waals surface area contributed by atoms with Crippen LogP contribution in [0.25, 0.3) is 0 Å². The predicted molar refractivity (Wildman–Crippen MR) is 107 cm³/mol. The molecule has 0 aliphatic carbocycles. The van der Waals surface area contributed by atoms with Gasteiger partial charge in [0.1, 0.15) is 0 Å². The average Bonchev–Trinajstić information content (AvgIpc) is 2.63. The number of benzene rings is 3. The summed E-state index contributed by atoms with van der Waals surface area (Å²) in [5, 5.41) is 0. The van der Waals surface area contributed by atoms with Crippen LogP contribution in [0, 0.1) is 13.8 Å². The fraction of sp³-hybridized carbons (Fsp3) is 0.0952. The van der Waals surface area contributed by atoms with Gasteiger partial charge < -0.3 is 0 Å². The third kappa shape index (κ3) is 4.18. The van der Waals surface area contributed by atoms with Gasteiger partial charge in [0.25, 0.3) is 10.0 Å². The van der Waals surface area contributed by atoms with Crippen LogP contribution in [0.4, 0.5) is 11.4 Å². The van der Waals surface area contributed by atoms with Gasteiger partial charge in [0, 0.05) is 6.21 Å². The first-order chi connectivity index (χ1) is 12.5. The van der Waals surface area contributed by atoms with Crippen LogP contribution in [-0.4, -0.2) is 14.6 Å². The molecule has 0 saturated carbocycles. The Labute approximate surface area is 154 Å². The fourth-order valence-electron chi connectivity index (χ4n) is 2.59. The third-order valence-corrected chi connectivity index (χ3v) is 5.35. The first kappa shape index (κ1) is 17.9. The summed E-state index contributed by atoms with van der Waals surface area (Å²) >= 11 is 0. The monoisotopic (exact) mass is 364 g/mol. The molecule has 0 bridgehead atoms. The largest absolute Gasteiger partial charge is 0.277 e. The smallest absolute Gasteiger partial charge is 0.261 e. The normalized spacial score (nSPS) is 11.6. The van der Waals surface area contributed by atoms with Gasteiger partial charge >= 0.3 is 0 Å². The quantitative estimate of drug-likeness (QED) is 0.658. The Hall–Kier alpha value is -2.92. The molecule has 0 saturated heterocycles. The number of anilines is 1. The molecule has 1 N–H and O–H groups in total. The molecule has 0 fully saturated rings. The summed E-state index contributed by atoms with van der Waals surface area (Å²) in [4.78, 5) is 4.71. The van der Waals surface area contributed by atoms with Gasteiger partial charge in [0.15, 0.2) is 0 Å². The molecule has 0 spiro atoms. The summed E-state index contributed by atoms with van der Waals surface area (Å²) in [5.41, 5.74) is 4.31. The molecule has 0 heterocycles. The number of sulfonamides is 1. The molecule has 132 valence electrons. The number of nitrogens with one attached hydrogen (secondary N) is 1. The van der Waals surface area contributed by atoms with E-state index in [0.717, 1.165) is 11.1 Å². The second-order valence-corrected chi connectivity index (χ2v) is 7.74. The highest BCUT2D eigenvalue weighted by atomic mass is 32.2. The minimum absolute atomic E-state index is 0.216. The molecular weight excluding hydrogens is 344 g/mol. The van der Waals surface area contributed by atoms with Crippen LogP contribution in [0.5, 0.6) is 0 Å². The minimum atomic E-state index is -3.66. The van der Waals surface area contributed by atoms with Crippen molar-refractivity contribution in [3.8, 4) is 0 Å². The number of aliphatic imine (C=N–C) groups is 1. The Bertz CT molecular complexity index is 1040. The summed E-state index contributed by atoms with van der Waals surface area (Å²) in [7, 11) is -3.66. The molecule has 0 radical (unpaired) electrons. The zero-order chi connectivity index (χ0) is 18.6. The molecule has 5 heteroatoms. The van der Waals surface area contributed by atoms with Crippen molar-refractivity contribution in [2.75, 3.05) is 4.72 Å². The zero-order valence-electron chi connectivity index (χ0n) is 14.7.